The molecule has 0 aliphatic carbocycles. The third-order valence-corrected chi connectivity index (χ3v) is 6.28. The zero-order chi connectivity index (χ0) is 18.1. The number of thiophene rings is 2. The van der Waals surface area contributed by atoms with E-state index in [9.17, 15) is 4.79 Å². The molecule has 1 aromatic carbocycles. The molecule has 0 fully saturated rings. The average Bonchev–Trinajstić information content (AvgIpc) is 3.30. The summed E-state index contributed by atoms with van der Waals surface area (Å²) < 4.78 is 0. The van der Waals surface area contributed by atoms with Crippen LogP contribution < -0.4 is 10.9 Å². The van der Waals surface area contributed by atoms with Gasteiger partial charge in [-0.15, -0.1) is 22.7 Å². The highest BCUT2D eigenvalue weighted by molar-refractivity contribution is 7.18. The standard InChI is InChI=1S/C20H19N3OS2/c1-12-5-7-14(8-6-12)10-21-13(2)18-22-19(24)17-15(11-26-20(17)23-18)16-4-3-9-25-16/h3-9,11,13,21H,10H2,1-2H3,(H,22,23,24)/p+1/t13-/m1/s1. The van der Waals surface area contributed by atoms with Crippen LogP contribution in [0.2, 0.25) is 0 Å². The zero-order valence-electron chi connectivity index (χ0n) is 14.7. The predicted molar refractivity (Wildman–Crippen MR) is 109 cm³/mol. The van der Waals surface area contributed by atoms with E-state index >= 15 is 0 Å². The van der Waals surface area contributed by atoms with Crippen molar-refractivity contribution in [2.24, 2.45) is 0 Å². The SMILES string of the molecule is Cc1ccc(C[NH2+][C@H](C)c2nc3scc(-c4cccs4)c3c(=O)[nH]2)cc1. The first-order chi connectivity index (χ1) is 12.6. The average molecular weight is 383 g/mol. The minimum absolute atomic E-state index is 0.0507. The van der Waals surface area contributed by atoms with Crippen LogP contribution >= 0.6 is 22.7 Å². The van der Waals surface area contributed by atoms with Gasteiger partial charge >= 0.3 is 0 Å². The highest BCUT2D eigenvalue weighted by Crippen LogP contribution is 2.33. The molecule has 0 aliphatic rings. The molecule has 1 atom stereocenters. The Morgan fingerprint density at radius 1 is 1.19 bits per heavy atom. The number of aromatic amines is 1. The molecule has 0 unspecified atom stereocenters. The number of nitrogens with two attached hydrogens (primary N) is 1. The maximum Gasteiger partial charge on any atom is 0.260 e. The summed E-state index contributed by atoms with van der Waals surface area (Å²) in [5.41, 5.74) is 3.46. The number of rotatable bonds is 5. The van der Waals surface area contributed by atoms with Gasteiger partial charge in [0.15, 0.2) is 5.82 Å². The molecule has 26 heavy (non-hydrogen) atoms. The Kier molecular flexibility index (Phi) is 4.72. The van der Waals surface area contributed by atoms with E-state index in [-0.39, 0.29) is 11.6 Å². The number of aromatic nitrogens is 2. The molecule has 3 aromatic heterocycles. The highest BCUT2D eigenvalue weighted by atomic mass is 32.1. The molecule has 3 N–H and O–H groups in total. The Morgan fingerprint density at radius 3 is 2.73 bits per heavy atom. The number of H-pyrrole nitrogens is 1. The molecule has 0 amide bonds. The molecule has 4 aromatic rings. The third-order valence-electron chi connectivity index (χ3n) is 4.51. The fourth-order valence-corrected chi connectivity index (χ4v) is 4.71. The van der Waals surface area contributed by atoms with Crippen molar-refractivity contribution >= 4 is 32.9 Å². The van der Waals surface area contributed by atoms with Crippen molar-refractivity contribution in [2.45, 2.75) is 26.4 Å². The van der Waals surface area contributed by atoms with Gasteiger partial charge < -0.3 is 10.3 Å². The van der Waals surface area contributed by atoms with Gasteiger partial charge in [0.05, 0.1) is 5.39 Å². The maximum atomic E-state index is 12.7. The van der Waals surface area contributed by atoms with Gasteiger partial charge in [-0.2, -0.15) is 0 Å². The van der Waals surface area contributed by atoms with Gasteiger partial charge in [-0.3, -0.25) is 4.79 Å². The highest BCUT2D eigenvalue weighted by Gasteiger charge is 2.17. The van der Waals surface area contributed by atoms with Crippen molar-refractivity contribution in [3.05, 3.63) is 74.5 Å². The van der Waals surface area contributed by atoms with E-state index in [4.69, 9.17) is 4.98 Å². The van der Waals surface area contributed by atoms with Gasteiger partial charge in [-0.25, -0.2) is 4.98 Å². The lowest BCUT2D eigenvalue weighted by molar-refractivity contribution is -0.709. The molecule has 0 spiro atoms. The number of nitrogens with zero attached hydrogens (tertiary/aromatic N) is 1. The second-order valence-corrected chi connectivity index (χ2v) is 8.28. The Labute approximate surface area is 159 Å². The molecule has 0 saturated carbocycles. The summed E-state index contributed by atoms with van der Waals surface area (Å²) in [6.07, 6.45) is 0. The second kappa shape index (κ2) is 7.15. The van der Waals surface area contributed by atoms with Crippen molar-refractivity contribution in [3.63, 3.8) is 0 Å². The van der Waals surface area contributed by atoms with Crippen LogP contribution in [-0.2, 0) is 6.54 Å². The molecule has 6 heteroatoms. The van der Waals surface area contributed by atoms with Crippen molar-refractivity contribution in [1.29, 1.82) is 0 Å². The summed E-state index contributed by atoms with van der Waals surface area (Å²) >= 11 is 3.18. The van der Waals surface area contributed by atoms with E-state index in [0.29, 0.717) is 5.39 Å². The van der Waals surface area contributed by atoms with Crippen LogP contribution in [0.4, 0.5) is 0 Å². The molecular formula is C20H20N3OS2+. The first kappa shape index (κ1) is 17.1. The molecule has 132 valence electrons. The first-order valence-electron chi connectivity index (χ1n) is 8.56. The lowest BCUT2D eigenvalue weighted by atomic mass is 10.1. The van der Waals surface area contributed by atoms with Crippen LogP contribution in [0, 0.1) is 6.92 Å². The molecule has 3 heterocycles. The summed E-state index contributed by atoms with van der Waals surface area (Å²) in [6.45, 7) is 5.02. The molecule has 0 saturated heterocycles. The van der Waals surface area contributed by atoms with Crippen LogP contribution in [0.1, 0.15) is 29.9 Å². The number of nitrogens with one attached hydrogen (secondary N) is 1. The minimum atomic E-state index is -0.0507. The zero-order valence-corrected chi connectivity index (χ0v) is 16.3. The molecule has 0 bridgehead atoms. The van der Waals surface area contributed by atoms with Crippen molar-refractivity contribution in [1.82, 2.24) is 9.97 Å². The Morgan fingerprint density at radius 2 is 2.00 bits per heavy atom. The molecule has 0 radical (unpaired) electrons. The Hall–Kier alpha value is -2.28. The number of fused-ring (bicyclic) bond motifs is 1. The lowest BCUT2D eigenvalue weighted by Gasteiger charge is -2.10. The lowest BCUT2D eigenvalue weighted by Crippen LogP contribution is -2.83. The van der Waals surface area contributed by atoms with Crippen LogP contribution in [0.5, 0.6) is 0 Å². The van der Waals surface area contributed by atoms with Gasteiger partial charge in [-0.1, -0.05) is 35.9 Å². The number of benzene rings is 1. The summed E-state index contributed by atoms with van der Waals surface area (Å²) in [6, 6.07) is 12.7. The molecular weight excluding hydrogens is 362 g/mol. The summed E-state index contributed by atoms with van der Waals surface area (Å²) in [7, 11) is 0. The van der Waals surface area contributed by atoms with Crippen LogP contribution in [-0.4, -0.2) is 9.97 Å². The first-order valence-corrected chi connectivity index (χ1v) is 10.3. The van der Waals surface area contributed by atoms with Gasteiger partial charge in [0, 0.05) is 21.4 Å². The van der Waals surface area contributed by atoms with E-state index in [1.165, 1.54) is 22.5 Å². The van der Waals surface area contributed by atoms with Crippen LogP contribution in [0.25, 0.3) is 20.7 Å². The Bertz CT molecular complexity index is 1080. The topological polar surface area (TPSA) is 62.4 Å². The number of aryl methyl sites for hydroxylation is 1. The van der Waals surface area contributed by atoms with Crippen molar-refractivity contribution in [3.8, 4) is 10.4 Å². The smallest absolute Gasteiger partial charge is 0.260 e. The van der Waals surface area contributed by atoms with Crippen LogP contribution in [0.15, 0.2) is 52.0 Å². The van der Waals surface area contributed by atoms with Crippen molar-refractivity contribution < 1.29 is 5.32 Å². The second-order valence-electron chi connectivity index (χ2n) is 6.47. The van der Waals surface area contributed by atoms with E-state index in [0.717, 1.165) is 27.6 Å². The van der Waals surface area contributed by atoms with Crippen molar-refractivity contribution in [2.75, 3.05) is 0 Å². The number of hydrogen-bond donors (Lipinski definition) is 2. The van der Waals surface area contributed by atoms with Gasteiger partial charge in [0.25, 0.3) is 5.56 Å². The van der Waals surface area contributed by atoms with E-state index in [1.54, 1.807) is 11.3 Å². The predicted octanol–water partition coefficient (Wildman–Crippen LogP) is 3.85. The summed E-state index contributed by atoms with van der Waals surface area (Å²) in [5, 5.41) is 6.95. The van der Waals surface area contributed by atoms with E-state index in [1.807, 2.05) is 22.9 Å². The summed E-state index contributed by atoms with van der Waals surface area (Å²) in [4.78, 5) is 22.3. The Balaban J connectivity index is 1.59. The fourth-order valence-electron chi connectivity index (χ4n) is 2.94. The van der Waals surface area contributed by atoms with E-state index < -0.39 is 0 Å². The van der Waals surface area contributed by atoms with Gasteiger partial charge in [0.1, 0.15) is 17.4 Å². The monoisotopic (exact) mass is 382 g/mol. The quantitative estimate of drug-likeness (QED) is 0.551. The number of quaternary nitrogens is 1. The van der Waals surface area contributed by atoms with Gasteiger partial charge in [0.2, 0.25) is 0 Å². The van der Waals surface area contributed by atoms with Gasteiger partial charge in [-0.05, 0) is 25.3 Å². The minimum Gasteiger partial charge on any atom is -0.334 e. The normalized spacial score (nSPS) is 12.5. The largest absolute Gasteiger partial charge is 0.334 e. The molecule has 4 rings (SSSR count). The van der Waals surface area contributed by atoms with Crippen LogP contribution in [0.3, 0.4) is 0 Å². The molecule has 0 aliphatic heterocycles. The van der Waals surface area contributed by atoms with E-state index in [2.05, 4.69) is 48.4 Å². The third kappa shape index (κ3) is 3.35. The maximum absolute atomic E-state index is 12.7. The summed E-state index contributed by atoms with van der Waals surface area (Å²) in [5.74, 6) is 0.731. The molecule has 4 nitrogen and oxygen atoms in total. The number of hydrogen-bond acceptors (Lipinski definition) is 4. The fraction of sp³-hybridized carbons (Fsp3) is 0.200.